The van der Waals surface area contributed by atoms with E-state index in [1.54, 1.807) is 27.5 Å². The predicted molar refractivity (Wildman–Crippen MR) is 128 cm³/mol. The van der Waals surface area contributed by atoms with Crippen molar-refractivity contribution in [2.45, 2.75) is 25.8 Å². The maximum atomic E-state index is 13.3. The van der Waals surface area contributed by atoms with Crippen molar-refractivity contribution < 1.29 is 14.3 Å². The fourth-order valence-corrected chi connectivity index (χ4v) is 4.28. The van der Waals surface area contributed by atoms with Crippen LogP contribution in [0, 0.1) is 0 Å². The van der Waals surface area contributed by atoms with E-state index in [-0.39, 0.29) is 11.5 Å². The van der Waals surface area contributed by atoms with Gasteiger partial charge in [-0.15, -0.1) is 0 Å². The quantitative estimate of drug-likeness (QED) is 0.447. The van der Waals surface area contributed by atoms with Gasteiger partial charge in [0, 0.05) is 24.4 Å². The lowest BCUT2D eigenvalue weighted by molar-refractivity contribution is -0.124. The normalized spacial score (nSPS) is 12.1. The number of ether oxygens (including phenoxy) is 2. The molecule has 0 fully saturated rings. The lowest BCUT2D eigenvalue weighted by Crippen LogP contribution is -2.34. The van der Waals surface area contributed by atoms with Gasteiger partial charge in [0.25, 0.3) is 5.56 Å². The SMILES string of the molecule is CCC(C(=O)NCCc1ccc(OC)c(OC)c1)n1c2ccccc2c2cnn(C)c(=O)c21. The van der Waals surface area contributed by atoms with Crippen LogP contribution in [0.4, 0.5) is 0 Å². The zero-order valence-electron chi connectivity index (χ0n) is 19.3. The van der Waals surface area contributed by atoms with E-state index in [0.29, 0.717) is 36.4 Å². The van der Waals surface area contributed by atoms with E-state index in [1.165, 1.54) is 4.68 Å². The molecule has 0 spiro atoms. The molecule has 1 unspecified atom stereocenters. The maximum Gasteiger partial charge on any atom is 0.291 e. The van der Waals surface area contributed by atoms with Crippen molar-refractivity contribution in [3.63, 3.8) is 0 Å². The Morgan fingerprint density at radius 1 is 1.09 bits per heavy atom. The highest BCUT2D eigenvalue weighted by Gasteiger charge is 2.25. The number of fused-ring (bicyclic) bond motifs is 3. The first-order chi connectivity index (χ1) is 16.0. The molecule has 4 rings (SSSR count). The molecule has 2 aromatic carbocycles. The molecular weight excluding hydrogens is 420 g/mol. The average Bonchev–Trinajstić information content (AvgIpc) is 3.16. The van der Waals surface area contributed by atoms with Gasteiger partial charge in [-0.2, -0.15) is 5.10 Å². The van der Waals surface area contributed by atoms with Gasteiger partial charge in [0.05, 0.1) is 25.9 Å². The van der Waals surface area contributed by atoms with Crippen LogP contribution in [0.15, 0.2) is 53.5 Å². The number of hydrogen-bond donors (Lipinski definition) is 1. The van der Waals surface area contributed by atoms with Gasteiger partial charge in [-0.05, 0) is 36.6 Å². The van der Waals surface area contributed by atoms with Gasteiger partial charge >= 0.3 is 0 Å². The number of aryl methyl sites for hydroxylation is 1. The molecule has 8 nitrogen and oxygen atoms in total. The first kappa shape index (κ1) is 22.4. The number of rotatable bonds is 8. The largest absolute Gasteiger partial charge is 0.493 e. The summed E-state index contributed by atoms with van der Waals surface area (Å²) in [4.78, 5) is 26.3. The van der Waals surface area contributed by atoms with Crippen molar-refractivity contribution in [3.05, 3.63) is 64.6 Å². The molecule has 33 heavy (non-hydrogen) atoms. The molecule has 4 aromatic rings. The molecule has 1 atom stereocenters. The van der Waals surface area contributed by atoms with Crippen LogP contribution in [-0.4, -0.2) is 41.0 Å². The van der Waals surface area contributed by atoms with Crippen LogP contribution in [0.1, 0.15) is 24.9 Å². The van der Waals surface area contributed by atoms with Crippen LogP contribution >= 0.6 is 0 Å². The number of carbonyl (C=O) groups excluding carboxylic acids is 1. The molecule has 2 heterocycles. The van der Waals surface area contributed by atoms with Gasteiger partial charge in [-0.3, -0.25) is 9.59 Å². The van der Waals surface area contributed by atoms with E-state index < -0.39 is 6.04 Å². The van der Waals surface area contributed by atoms with E-state index >= 15 is 0 Å². The molecule has 0 saturated carbocycles. The van der Waals surface area contributed by atoms with Gasteiger partial charge in [0.2, 0.25) is 5.91 Å². The van der Waals surface area contributed by atoms with Crippen molar-refractivity contribution in [3.8, 4) is 11.5 Å². The minimum Gasteiger partial charge on any atom is -0.493 e. The van der Waals surface area contributed by atoms with Crippen LogP contribution in [0.25, 0.3) is 21.8 Å². The summed E-state index contributed by atoms with van der Waals surface area (Å²) in [5, 5.41) is 8.89. The summed E-state index contributed by atoms with van der Waals surface area (Å²) in [6, 6.07) is 12.9. The Kier molecular flexibility index (Phi) is 6.35. The molecule has 1 amide bonds. The van der Waals surface area contributed by atoms with Crippen molar-refractivity contribution in [1.29, 1.82) is 0 Å². The Labute approximate surface area is 191 Å². The highest BCUT2D eigenvalue weighted by Crippen LogP contribution is 2.31. The third kappa shape index (κ3) is 4.04. The summed E-state index contributed by atoms with van der Waals surface area (Å²) in [6.45, 7) is 2.41. The molecule has 1 N–H and O–H groups in total. The molecule has 0 aliphatic carbocycles. The first-order valence-electron chi connectivity index (χ1n) is 10.9. The Morgan fingerprint density at radius 3 is 2.58 bits per heavy atom. The van der Waals surface area contributed by atoms with Gasteiger partial charge in [0.1, 0.15) is 11.6 Å². The summed E-state index contributed by atoms with van der Waals surface area (Å²) < 4.78 is 13.8. The number of hydrogen-bond acceptors (Lipinski definition) is 5. The minimum atomic E-state index is -0.520. The fraction of sp³-hybridized carbons (Fsp3) is 0.320. The predicted octanol–water partition coefficient (Wildman–Crippen LogP) is 3.22. The highest BCUT2D eigenvalue weighted by molar-refractivity contribution is 6.08. The molecule has 0 saturated heterocycles. The van der Waals surface area contributed by atoms with Crippen LogP contribution < -0.4 is 20.3 Å². The zero-order valence-corrected chi connectivity index (χ0v) is 19.3. The summed E-state index contributed by atoms with van der Waals surface area (Å²) in [7, 11) is 4.81. The fourth-order valence-electron chi connectivity index (χ4n) is 4.28. The highest BCUT2D eigenvalue weighted by atomic mass is 16.5. The number of amides is 1. The molecule has 172 valence electrons. The molecule has 2 aromatic heterocycles. The Bertz CT molecular complexity index is 1370. The van der Waals surface area contributed by atoms with E-state index in [9.17, 15) is 9.59 Å². The van der Waals surface area contributed by atoms with Crippen molar-refractivity contribution in [2.24, 2.45) is 7.05 Å². The number of carbonyl (C=O) groups is 1. The standard InChI is InChI=1S/C25H28N4O4/c1-5-19(24(30)26-13-12-16-10-11-21(32-3)22(14-16)33-4)29-20-9-7-6-8-17(20)18-15-27-28(2)25(31)23(18)29/h6-11,14-15,19H,5,12-13H2,1-4H3,(H,26,30). The lowest BCUT2D eigenvalue weighted by atomic mass is 10.1. The third-order valence-corrected chi connectivity index (χ3v) is 5.97. The maximum absolute atomic E-state index is 13.3. The summed E-state index contributed by atoms with van der Waals surface area (Å²) >= 11 is 0. The van der Waals surface area contributed by atoms with Gasteiger partial charge in [0.15, 0.2) is 11.5 Å². The smallest absolute Gasteiger partial charge is 0.291 e. The Balaban J connectivity index is 1.62. The van der Waals surface area contributed by atoms with Crippen LogP contribution in [0.2, 0.25) is 0 Å². The number of aromatic nitrogens is 3. The van der Waals surface area contributed by atoms with E-state index in [1.807, 2.05) is 54.0 Å². The number of para-hydroxylation sites is 1. The molecule has 0 aliphatic rings. The average molecular weight is 449 g/mol. The summed E-state index contributed by atoms with van der Waals surface area (Å²) in [6.07, 6.45) is 2.88. The lowest BCUT2D eigenvalue weighted by Gasteiger charge is -2.19. The number of benzene rings is 2. The number of methoxy groups -OCH3 is 2. The number of nitrogens with one attached hydrogen (secondary N) is 1. The first-order valence-corrected chi connectivity index (χ1v) is 10.9. The molecule has 0 radical (unpaired) electrons. The monoisotopic (exact) mass is 448 g/mol. The Morgan fingerprint density at radius 2 is 1.85 bits per heavy atom. The van der Waals surface area contributed by atoms with Crippen molar-refractivity contribution in [2.75, 3.05) is 20.8 Å². The Hall–Kier alpha value is -3.81. The summed E-state index contributed by atoms with van der Waals surface area (Å²) in [5.41, 5.74) is 2.15. The third-order valence-electron chi connectivity index (χ3n) is 5.97. The van der Waals surface area contributed by atoms with Gasteiger partial charge < -0.3 is 19.4 Å². The van der Waals surface area contributed by atoms with Gasteiger partial charge in [-0.25, -0.2) is 4.68 Å². The van der Waals surface area contributed by atoms with Crippen molar-refractivity contribution in [1.82, 2.24) is 19.7 Å². The zero-order chi connectivity index (χ0) is 23.5. The second-order valence-electron chi connectivity index (χ2n) is 7.88. The second kappa shape index (κ2) is 9.36. The second-order valence-corrected chi connectivity index (χ2v) is 7.88. The minimum absolute atomic E-state index is 0.125. The van der Waals surface area contributed by atoms with Crippen LogP contribution in [0.3, 0.4) is 0 Å². The topological polar surface area (TPSA) is 87.4 Å². The molecule has 8 heteroatoms. The molecule has 0 aliphatic heterocycles. The number of nitrogens with zero attached hydrogens (tertiary/aromatic N) is 3. The van der Waals surface area contributed by atoms with E-state index in [0.717, 1.165) is 21.9 Å². The molecular formula is C25H28N4O4. The van der Waals surface area contributed by atoms with Crippen LogP contribution in [-0.2, 0) is 18.3 Å². The van der Waals surface area contributed by atoms with E-state index in [4.69, 9.17) is 9.47 Å². The van der Waals surface area contributed by atoms with E-state index in [2.05, 4.69) is 10.4 Å². The summed E-state index contributed by atoms with van der Waals surface area (Å²) in [5.74, 6) is 1.20. The van der Waals surface area contributed by atoms with Crippen LogP contribution in [0.5, 0.6) is 11.5 Å². The van der Waals surface area contributed by atoms with Crippen molar-refractivity contribution >= 4 is 27.7 Å². The van der Waals surface area contributed by atoms with Gasteiger partial charge in [-0.1, -0.05) is 31.2 Å². The molecule has 0 bridgehead atoms.